The summed E-state index contributed by atoms with van der Waals surface area (Å²) in [7, 11) is 1.87. The van der Waals surface area contributed by atoms with Crippen LogP contribution in [0.3, 0.4) is 0 Å². The lowest BCUT2D eigenvalue weighted by Gasteiger charge is -2.09. The van der Waals surface area contributed by atoms with Crippen LogP contribution in [-0.4, -0.2) is 23.7 Å². The fourth-order valence-corrected chi connectivity index (χ4v) is 1.71. The predicted molar refractivity (Wildman–Crippen MR) is 62.2 cm³/mol. The van der Waals surface area contributed by atoms with Gasteiger partial charge in [0.25, 0.3) is 0 Å². The smallest absolute Gasteiger partial charge is 0.192 e. The summed E-state index contributed by atoms with van der Waals surface area (Å²) in [6.07, 6.45) is 0.243. The van der Waals surface area contributed by atoms with E-state index in [9.17, 15) is 5.11 Å². The molecule has 0 radical (unpaired) electrons. The number of benzene rings is 1. The van der Waals surface area contributed by atoms with Gasteiger partial charge in [0.15, 0.2) is 11.5 Å². The van der Waals surface area contributed by atoms with Crippen molar-refractivity contribution >= 4 is 11.1 Å². The number of fused-ring (bicyclic) bond motifs is 1. The number of aromatic nitrogens is 1. The molecule has 1 unspecified atom stereocenters. The molecular formula is C12H16N2O2. The van der Waals surface area contributed by atoms with Crippen LogP contribution in [0.2, 0.25) is 0 Å². The van der Waals surface area contributed by atoms with Gasteiger partial charge in [0.1, 0.15) is 5.52 Å². The first-order valence-electron chi connectivity index (χ1n) is 5.40. The Kier molecular flexibility index (Phi) is 3.22. The lowest BCUT2D eigenvalue weighted by molar-refractivity contribution is 0.168. The molecular weight excluding hydrogens is 204 g/mol. The van der Waals surface area contributed by atoms with Gasteiger partial charge in [0.05, 0.1) is 6.10 Å². The van der Waals surface area contributed by atoms with E-state index in [2.05, 4.69) is 10.3 Å². The van der Waals surface area contributed by atoms with Gasteiger partial charge >= 0.3 is 0 Å². The predicted octanol–water partition coefficient (Wildman–Crippen LogP) is 1.78. The van der Waals surface area contributed by atoms with Crippen LogP contribution in [-0.2, 0) is 0 Å². The molecule has 0 aliphatic heterocycles. The first kappa shape index (κ1) is 11.1. The fourth-order valence-electron chi connectivity index (χ4n) is 1.71. The van der Waals surface area contributed by atoms with Gasteiger partial charge in [-0.25, -0.2) is 4.98 Å². The molecule has 1 atom stereocenters. The van der Waals surface area contributed by atoms with E-state index >= 15 is 0 Å². The van der Waals surface area contributed by atoms with Crippen molar-refractivity contribution in [1.29, 1.82) is 0 Å². The monoisotopic (exact) mass is 220 g/mol. The minimum Gasteiger partial charge on any atom is -0.441 e. The van der Waals surface area contributed by atoms with Crippen LogP contribution < -0.4 is 5.32 Å². The third kappa shape index (κ3) is 2.23. The van der Waals surface area contributed by atoms with E-state index in [1.807, 2.05) is 32.2 Å². The second kappa shape index (κ2) is 4.63. The van der Waals surface area contributed by atoms with Crippen LogP contribution in [0.5, 0.6) is 0 Å². The zero-order chi connectivity index (χ0) is 11.5. The van der Waals surface area contributed by atoms with Crippen LogP contribution in [0.15, 0.2) is 22.6 Å². The molecule has 1 aromatic carbocycles. The van der Waals surface area contributed by atoms with Crippen LogP contribution in [0.1, 0.15) is 24.0 Å². The van der Waals surface area contributed by atoms with Crippen molar-refractivity contribution < 1.29 is 9.52 Å². The molecule has 2 rings (SSSR count). The highest BCUT2D eigenvalue weighted by molar-refractivity contribution is 5.73. The van der Waals surface area contributed by atoms with Crippen LogP contribution in [0.25, 0.3) is 11.1 Å². The molecule has 86 valence electrons. The lowest BCUT2D eigenvalue weighted by atomic mass is 10.1. The Bertz CT molecular complexity index is 479. The number of rotatable bonds is 4. The van der Waals surface area contributed by atoms with E-state index in [4.69, 9.17) is 4.42 Å². The molecule has 2 N–H and O–H groups in total. The fraction of sp³-hybridized carbons (Fsp3) is 0.417. The molecule has 16 heavy (non-hydrogen) atoms. The van der Waals surface area contributed by atoms with E-state index < -0.39 is 6.10 Å². The molecule has 0 aliphatic carbocycles. The summed E-state index contributed by atoms with van der Waals surface area (Å²) < 4.78 is 5.38. The molecule has 4 nitrogen and oxygen atoms in total. The number of aryl methyl sites for hydroxylation is 1. The van der Waals surface area contributed by atoms with Crippen LogP contribution >= 0.6 is 0 Å². The summed E-state index contributed by atoms with van der Waals surface area (Å²) in [5, 5.41) is 12.9. The van der Waals surface area contributed by atoms with Gasteiger partial charge in [-0.05, 0) is 37.7 Å². The van der Waals surface area contributed by atoms with E-state index in [-0.39, 0.29) is 0 Å². The normalized spacial score (nSPS) is 13.2. The van der Waals surface area contributed by atoms with Gasteiger partial charge in [0, 0.05) is 6.92 Å². The van der Waals surface area contributed by atoms with E-state index in [1.54, 1.807) is 0 Å². The average Bonchev–Trinajstić information content (AvgIpc) is 2.64. The Morgan fingerprint density at radius 2 is 2.31 bits per heavy atom. The molecule has 0 amide bonds. The summed E-state index contributed by atoms with van der Waals surface area (Å²) in [4.78, 5) is 4.24. The molecule has 1 heterocycles. The standard InChI is InChI=1S/C12H16N2O2/c1-8-14-10-7-9(3-4-12(10)16-8)11(15)5-6-13-2/h3-4,7,11,13,15H,5-6H2,1-2H3. The number of hydrogen-bond acceptors (Lipinski definition) is 4. The van der Waals surface area contributed by atoms with Crippen molar-refractivity contribution in [1.82, 2.24) is 10.3 Å². The maximum atomic E-state index is 9.92. The molecule has 0 spiro atoms. The first-order valence-corrected chi connectivity index (χ1v) is 5.40. The van der Waals surface area contributed by atoms with E-state index in [0.29, 0.717) is 12.3 Å². The van der Waals surface area contributed by atoms with Gasteiger partial charge < -0.3 is 14.8 Å². The third-order valence-electron chi connectivity index (χ3n) is 2.57. The number of aliphatic hydroxyl groups is 1. The van der Waals surface area contributed by atoms with Gasteiger partial charge in [-0.3, -0.25) is 0 Å². The number of nitrogens with one attached hydrogen (secondary N) is 1. The Balaban J connectivity index is 2.24. The highest BCUT2D eigenvalue weighted by Crippen LogP contribution is 2.22. The molecule has 0 saturated carbocycles. The Labute approximate surface area is 94.3 Å². The maximum Gasteiger partial charge on any atom is 0.192 e. The molecule has 2 aromatic rings. The molecule has 0 bridgehead atoms. The zero-order valence-electron chi connectivity index (χ0n) is 9.53. The molecule has 1 aromatic heterocycles. The topological polar surface area (TPSA) is 58.3 Å². The van der Waals surface area contributed by atoms with Gasteiger partial charge in [-0.2, -0.15) is 0 Å². The van der Waals surface area contributed by atoms with Crippen molar-refractivity contribution in [3.63, 3.8) is 0 Å². The van der Waals surface area contributed by atoms with Crippen LogP contribution in [0.4, 0.5) is 0 Å². The van der Waals surface area contributed by atoms with Gasteiger partial charge in [-0.1, -0.05) is 6.07 Å². The minimum atomic E-state index is -0.450. The highest BCUT2D eigenvalue weighted by Gasteiger charge is 2.09. The minimum absolute atomic E-state index is 0.450. The van der Waals surface area contributed by atoms with Crippen molar-refractivity contribution in [2.24, 2.45) is 0 Å². The molecule has 0 fully saturated rings. The summed E-state index contributed by atoms with van der Waals surface area (Å²) >= 11 is 0. The van der Waals surface area contributed by atoms with Gasteiger partial charge in [-0.15, -0.1) is 0 Å². The summed E-state index contributed by atoms with van der Waals surface area (Å²) in [6.45, 7) is 2.61. The number of aliphatic hydroxyl groups excluding tert-OH is 1. The Hall–Kier alpha value is -1.39. The summed E-state index contributed by atoms with van der Waals surface area (Å²) in [5.41, 5.74) is 2.46. The quantitative estimate of drug-likeness (QED) is 0.824. The number of nitrogens with zero attached hydrogens (tertiary/aromatic N) is 1. The van der Waals surface area contributed by atoms with Crippen molar-refractivity contribution in [2.75, 3.05) is 13.6 Å². The van der Waals surface area contributed by atoms with Gasteiger partial charge in [0.2, 0.25) is 0 Å². The van der Waals surface area contributed by atoms with Crippen LogP contribution in [0, 0.1) is 6.92 Å². The van der Waals surface area contributed by atoms with E-state index in [1.165, 1.54) is 0 Å². The van der Waals surface area contributed by atoms with Crippen molar-refractivity contribution in [2.45, 2.75) is 19.4 Å². The van der Waals surface area contributed by atoms with Crippen molar-refractivity contribution in [3.05, 3.63) is 29.7 Å². The maximum absolute atomic E-state index is 9.92. The van der Waals surface area contributed by atoms with Crippen molar-refractivity contribution in [3.8, 4) is 0 Å². The summed E-state index contributed by atoms with van der Waals surface area (Å²) in [6, 6.07) is 5.62. The van der Waals surface area contributed by atoms with E-state index in [0.717, 1.165) is 23.2 Å². The Morgan fingerprint density at radius 1 is 1.50 bits per heavy atom. The highest BCUT2D eigenvalue weighted by atomic mass is 16.3. The average molecular weight is 220 g/mol. The second-order valence-electron chi connectivity index (χ2n) is 3.87. The molecule has 4 heteroatoms. The second-order valence-corrected chi connectivity index (χ2v) is 3.87. The SMILES string of the molecule is CNCCC(O)c1ccc2oc(C)nc2c1. The largest absolute Gasteiger partial charge is 0.441 e. The number of hydrogen-bond donors (Lipinski definition) is 2. The Morgan fingerprint density at radius 3 is 3.06 bits per heavy atom. The summed E-state index contributed by atoms with van der Waals surface area (Å²) in [5.74, 6) is 0.650. The third-order valence-corrected chi connectivity index (χ3v) is 2.57. The zero-order valence-corrected chi connectivity index (χ0v) is 9.53. The first-order chi connectivity index (χ1) is 7.70. The number of oxazole rings is 1. The molecule has 0 aliphatic rings. The lowest BCUT2D eigenvalue weighted by Crippen LogP contribution is -2.11. The molecule has 0 saturated heterocycles.